The Hall–Kier alpha value is -2.42. The van der Waals surface area contributed by atoms with Gasteiger partial charge < -0.3 is 20.6 Å². The number of rotatable bonds is 6. The van der Waals surface area contributed by atoms with Crippen molar-refractivity contribution in [3.05, 3.63) is 24.0 Å². The van der Waals surface area contributed by atoms with Crippen molar-refractivity contribution in [1.29, 1.82) is 0 Å². The van der Waals surface area contributed by atoms with Crippen LogP contribution in [0.4, 0.5) is 5.69 Å². The van der Waals surface area contributed by atoms with E-state index in [4.69, 9.17) is 15.3 Å². The fourth-order valence-corrected chi connectivity index (χ4v) is 2.78. The summed E-state index contributed by atoms with van der Waals surface area (Å²) in [5.74, 6) is 7.79. The van der Waals surface area contributed by atoms with Gasteiger partial charge in [-0.2, -0.15) is 0 Å². The molecule has 8 nitrogen and oxygen atoms in total. The minimum absolute atomic E-state index is 0.161. The van der Waals surface area contributed by atoms with Gasteiger partial charge in [-0.1, -0.05) is 32.5 Å². The first-order chi connectivity index (χ1) is 11.8. The quantitative estimate of drug-likeness (QED) is 0.596. The van der Waals surface area contributed by atoms with Crippen molar-refractivity contribution in [2.75, 3.05) is 31.1 Å². The SMILES string of the molecule is COc1ccc(NC(=O)CSc2nnc(C(C)(C)C)n2N)cc1OC. The van der Waals surface area contributed by atoms with Crippen LogP contribution in [0.5, 0.6) is 11.5 Å². The average molecular weight is 365 g/mol. The molecule has 0 aliphatic heterocycles. The zero-order valence-corrected chi connectivity index (χ0v) is 15.8. The smallest absolute Gasteiger partial charge is 0.234 e. The number of thioether (sulfide) groups is 1. The molecule has 1 amide bonds. The van der Waals surface area contributed by atoms with Crippen molar-refractivity contribution >= 4 is 23.4 Å². The summed E-state index contributed by atoms with van der Waals surface area (Å²) in [4.78, 5) is 12.2. The summed E-state index contributed by atoms with van der Waals surface area (Å²) in [6.45, 7) is 6.00. The Morgan fingerprint density at radius 2 is 1.92 bits per heavy atom. The van der Waals surface area contributed by atoms with Gasteiger partial charge in [0.15, 0.2) is 17.3 Å². The highest BCUT2D eigenvalue weighted by Gasteiger charge is 2.23. The normalized spacial score (nSPS) is 11.2. The van der Waals surface area contributed by atoms with E-state index in [1.54, 1.807) is 32.4 Å². The Morgan fingerprint density at radius 3 is 2.48 bits per heavy atom. The summed E-state index contributed by atoms with van der Waals surface area (Å²) in [5.41, 5.74) is 0.399. The number of hydrogen-bond donors (Lipinski definition) is 2. The van der Waals surface area contributed by atoms with E-state index in [0.717, 1.165) is 0 Å². The van der Waals surface area contributed by atoms with Crippen LogP contribution in [0.1, 0.15) is 26.6 Å². The second-order valence-corrected chi connectivity index (χ2v) is 7.28. The molecule has 0 aliphatic rings. The Balaban J connectivity index is 1.99. The maximum atomic E-state index is 12.2. The van der Waals surface area contributed by atoms with Gasteiger partial charge in [0, 0.05) is 17.2 Å². The van der Waals surface area contributed by atoms with E-state index < -0.39 is 0 Å². The topological polar surface area (TPSA) is 104 Å². The van der Waals surface area contributed by atoms with E-state index in [2.05, 4.69) is 15.5 Å². The first-order valence-electron chi connectivity index (χ1n) is 7.62. The standard InChI is InChI=1S/C16H23N5O3S/c1-16(2,3)14-19-20-15(21(14)17)25-9-13(22)18-10-6-7-11(23-4)12(8-10)24-5/h6-8H,9,17H2,1-5H3,(H,18,22). The minimum atomic E-state index is -0.220. The number of carbonyl (C=O) groups is 1. The predicted octanol–water partition coefficient (Wildman–Crippen LogP) is 2.04. The van der Waals surface area contributed by atoms with Crippen LogP contribution in [0.25, 0.3) is 0 Å². The maximum absolute atomic E-state index is 12.2. The summed E-state index contributed by atoms with van der Waals surface area (Å²) in [6.07, 6.45) is 0. The Bertz CT molecular complexity index is 755. The Morgan fingerprint density at radius 1 is 1.24 bits per heavy atom. The Labute approximate surface area is 151 Å². The summed E-state index contributed by atoms with van der Waals surface area (Å²) < 4.78 is 11.8. The van der Waals surface area contributed by atoms with Gasteiger partial charge in [-0.15, -0.1) is 10.2 Å². The zero-order chi connectivity index (χ0) is 18.6. The molecule has 0 atom stereocenters. The van der Waals surface area contributed by atoms with E-state index in [-0.39, 0.29) is 17.1 Å². The van der Waals surface area contributed by atoms with Crippen LogP contribution in [0.2, 0.25) is 0 Å². The van der Waals surface area contributed by atoms with Gasteiger partial charge in [-0.05, 0) is 12.1 Å². The van der Waals surface area contributed by atoms with Crippen LogP contribution in [0.15, 0.2) is 23.4 Å². The molecule has 2 rings (SSSR count). The number of nitrogens with two attached hydrogens (primary N) is 1. The summed E-state index contributed by atoms with van der Waals surface area (Å²) >= 11 is 1.23. The van der Waals surface area contributed by atoms with Gasteiger partial charge in [0.05, 0.1) is 20.0 Å². The second kappa shape index (κ2) is 7.64. The number of aromatic nitrogens is 3. The first-order valence-corrected chi connectivity index (χ1v) is 8.60. The number of hydrogen-bond acceptors (Lipinski definition) is 7. The largest absolute Gasteiger partial charge is 0.493 e. The number of nitrogen functional groups attached to an aromatic ring is 1. The zero-order valence-electron chi connectivity index (χ0n) is 15.0. The van der Waals surface area contributed by atoms with E-state index in [1.807, 2.05) is 20.8 Å². The molecule has 1 aromatic carbocycles. The maximum Gasteiger partial charge on any atom is 0.234 e. The van der Waals surface area contributed by atoms with Gasteiger partial charge in [0.25, 0.3) is 0 Å². The lowest BCUT2D eigenvalue weighted by Gasteiger charge is -2.16. The van der Waals surface area contributed by atoms with Crippen molar-refractivity contribution in [2.45, 2.75) is 31.3 Å². The number of ether oxygens (including phenoxy) is 2. The number of benzene rings is 1. The van der Waals surface area contributed by atoms with Gasteiger partial charge in [-0.3, -0.25) is 4.79 Å². The third kappa shape index (κ3) is 4.56. The number of nitrogens with zero attached hydrogens (tertiary/aromatic N) is 3. The lowest BCUT2D eigenvalue weighted by molar-refractivity contribution is -0.113. The molecule has 2 aromatic rings. The number of anilines is 1. The average Bonchev–Trinajstić information content (AvgIpc) is 2.93. The van der Waals surface area contributed by atoms with Crippen LogP contribution in [-0.4, -0.2) is 40.8 Å². The second-order valence-electron chi connectivity index (χ2n) is 6.33. The van der Waals surface area contributed by atoms with E-state index in [1.165, 1.54) is 16.4 Å². The van der Waals surface area contributed by atoms with Crippen molar-refractivity contribution < 1.29 is 14.3 Å². The molecule has 0 radical (unpaired) electrons. The Kier molecular flexibility index (Phi) is 5.78. The highest BCUT2D eigenvalue weighted by molar-refractivity contribution is 7.99. The number of nitrogens with one attached hydrogen (secondary N) is 1. The molecule has 0 bridgehead atoms. The third-order valence-electron chi connectivity index (χ3n) is 3.34. The van der Waals surface area contributed by atoms with Gasteiger partial charge in [-0.25, -0.2) is 4.68 Å². The highest BCUT2D eigenvalue weighted by atomic mass is 32.2. The summed E-state index contributed by atoms with van der Waals surface area (Å²) in [7, 11) is 3.10. The van der Waals surface area contributed by atoms with Crippen LogP contribution < -0.4 is 20.6 Å². The molecule has 0 aliphatic carbocycles. The van der Waals surface area contributed by atoms with E-state index >= 15 is 0 Å². The molecule has 0 saturated heterocycles. The summed E-state index contributed by atoms with van der Waals surface area (Å²) in [5, 5.41) is 11.4. The molecule has 0 fully saturated rings. The highest BCUT2D eigenvalue weighted by Crippen LogP contribution is 2.30. The monoisotopic (exact) mass is 365 g/mol. The molecule has 1 heterocycles. The molecule has 1 aromatic heterocycles. The molecule has 0 saturated carbocycles. The molecule has 0 unspecified atom stereocenters. The third-order valence-corrected chi connectivity index (χ3v) is 4.28. The molecule has 136 valence electrons. The number of carbonyl (C=O) groups excluding carboxylic acids is 1. The van der Waals surface area contributed by atoms with Crippen LogP contribution in [0.3, 0.4) is 0 Å². The number of amides is 1. The molecule has 3 N–H and O–H groups in total. The van der Waals surface area contributed by atoms with Crippen molar-refractivity contribution in [1.82, 2.24) is 14.9 Å². The minimum Gasteiger partial charge on any atom is -0.493 e. The predicted molar refractivity (Wildman–Crippen MR) is 97.8 cm³/mol. The number of methoxy groups -OCH3 is 2. The van der Waals surface area contributed by atoms with E-state index in [9.17, 15) is 4.79 Å². The van der Waals surface area contributed by atoms with Crippen LogP contribution in [-0.2, 0) is 10.2 Å². The summed E-state index contributed by atoms with van der Waals surface area (Å²) in [6, 6.07) is 5.17. The van der Waals surface area contributed by atoms with Gasteiger partial charge in [0.1, 0.15) is 0 Å². The molecule has 25 heavy (non-hydrogen) atoms. The molecular formula is C16H23N5O3S. The van der Waals surface area contributed by atoms with Crippen molar-refractivity contribution in [2.24, 2.45) is 0 Å². The fourth-order valence-electron chi connectivity index (χ4n) is 2.13. The van der Waals surface area contributed by atoms with Gasteiger partial charge in [0.2, 0.25) is 11.1 Å². The molecular weight excluding hydrogens is 342 g/mol. The first kappa shape index (κ1) is 18.9. The lowest BCUT2D eigenvalue weighted by Crippen LogP contribution is -2.24. The van der Waals surface area contributed by atoms with E-state index in [0.29, 0.717) is 28.2 Å². The van der Waals surface area contributed by atoms with Crippen LogP contribution >= 0.6 is 11.8 Å². The molecule has 0 spiro atoms. The lowest BCUT2D eigenvalue weighted by atomic mass is 9.96. The van der Waals surface area contributed by atoms with Crippen LogP contribution in [0, 0.1) is 0 Å². The van der Waals surface area contributed by atoms with Crippen molar-refractivity contribution in [3.63, 3.8) is 0 Å². The molecule has 9 heteroatoms. The van der Waals surface area contributed by atoms with Crippen molar-refractivity contribution in [3.8, 4) is 11.5 Å². The fraction of sp³-hybridized carbons (Fsp3) is 0.438. The van der Waals surface area contributed by atoms with Gasteiger partial charge >= 0.3 is 0 Å².